The highest BCUT2D eigenvalue weighted by Gasteiger charge is 1.91. The van der Waals surface area contributed by atoms with Gasteiger partial charge in [0.25, 0.3) is 0 Å². The predicted octanol–water partition coefficient (Wildman–Crippen LogP) is 6.34. The van der Waals surface area contributed by atoms with E-state index in [0.717, 1.165) is 0 Å². The second-order valence-corrected chi connectivity index (χ2v) is 5.65. The maximum atomic E-state index is 2.15. The van der Waals surface area contributed by atoms with Gasteiger partial charge in [-0.15, -0.1) is 0 Å². The van der Waals surface area contributed by atoms with E-state index in [1.165, 1.54) is 27.8 Å². The molecule has 0 heteroatoms. The molecule has 0 fully saturated rings. The van der Waals surface area contributed by atoms with Gasteiger partial charge in [0.2, 0.25) is 0 Å². The molecule has 0 nitrogen and oxygen atoms in total. The van der Waals surface area contributed by atoms with Crippen LogP contribution >= 0.6 is 0 Å². The molecule has 23 heavy (non-hydrogen) atoms. The van der Waals surface area contributed by atoms with Crippen LogP contribution in [-0.2, 0) is 0 Å². The number of rotatable bonds is 4. The van der Waals surface area contributed by atoms with Crippen molar-refractivity contribution in [3.05, 3.63) is 107 Å². The first-order chi connectivity index (χ1) is 11.3. The summed E-state index contributed by atoms with van der Waals surface area (Å²) in [5.41, 5.74) is 6.15. The Labute approximate surface area is 138 Å². The van der Waals surface area contributed by atoms with Crippen LogP contribution in [0.15, 0.2) is 78.9 Å². The highest BCUT2D eigenvalue weighted by molar-refractivity contribution is 5.72. The van der Waals surface area contributed by atoms with Gasteiger partial charge in [0.15, 0.2) is 0 Å². The third-order valence-electron chi connectivity index (χ3n) is 3.75. The van der Waals surface area contributed by atoms with E-state index < -0.39 is 0 Å². The standard InChI is InChI=1S/C23H20/c1-19-7-9-21(10-8-19)13-14-23-17-15-22(16-18-23)12-11-20-5-3-2-4-6-20/h2-18H,1H3/b12-11+,14-13+. The van der Waals surface area contributed by atoms with Crippen molar-refractivity contribution in [2.24, 2.45) is 0 Å². The molecule has 0 heterocycles. The fourth-order valence-corrected chi connectivity index (χ4v) is 2.34. The number of aryl methyl sites for hydroxylation is 1. The molecule has 0 N–H and O–H groups in total. The van der Waals surface area contributed by atoms with Crippen molar-refractivity contribution < 1.29 is 0 Å². The zero-order chi connectivity index (χ0) is 15.9. The SMILES string of the molecule is Cc1ccc(/C=C/c2ccc(/C=C/c3ccccc3)cc2)cc1. The summed E-state index contributed by atoms with van der Waals surface area (Å²) in [6.45, 7) is 2.11. The summed E-state index contributed by atoms with van der Waals surface area (Å²) in [4.78, 5) is 0. The van der Waals surface area contributed by atoms with E-state index >= 15 is 0 Å². The molecular weight excluding hydrogens is 276 g/mol. The lowest BCUT2D eigenvalue weighted by Crippen LogP contribution is -1.76. The third kappa shape index (κ3) is 4.55. The Morgan fingerprint density at radius 1 is 0.435 bits per heavy atom. The molecular formula is C23H20. The summed E-state index contributed by atoms with van der Waals surface area (Å²) in [6, 6.07) is 27.5. The van der Waals surface area contributed by atoms with Crippen molar-refractivity contribution in [3.63, 3.8) is 0 Å². The molecule has 0 spiro atoms. The normalized spacial score (nSPS) is 11.3. The Balaban J connectivity index is 1.67. The van der Waals surface area contributed by atoms with Crippen LogP contribution in [0.5, 0.6) is 0 Å². The summed E-state index contributed by atoms with van der Waals surface area (Å²) in [5.74, 6) is 0. The topological polar surface area (TPSA) is 0 Å². The minimum absolute atomic E-state index is 1.21. The third-order valence-corrected chi connectivity index (χ3v) is 3.75. The van der Waals surface area contributed by atoms with E-state index in [9.17, 15) is 0 Å². The summed E-state index contributed by atoms with van der Waals surface area (Å²) >= 11 is 0. The quantitative estimate of drug-likeness (QED) is 0.493. The molecule has 0 aliphatic heterocycles. The lowest BCUT2D eigenvalue weighted by molar-refractivity contribution is 1.46. The molecule has 0 unspecified atom stereocenters. The smallest absolute Gasteiger partial charge is 0.0256 e. The van der Waals surface area contributed by atoms with E-state index in [0.29, 0.717) is 0 Å². The maximum Gasteiger partial charge on any atom is -0.0256 e. The molecule has 3 rings (SSSR count). The second kappa shape index (κ2) is 7.42. The first-order valence-electron chi connectivity index (χ1n) is 7.87. The number of benzene rings is 3. The van der Waals surface area contributed by atoms with Gasteiger partial charge in [0, 0.05) is 0 Å². The molecule has 3 aromatic rings. The van der Waals surface area contributed by atoms with E-state index in [2.05, 4.69) is 104 Å². The average Bonchev–Trinajstić information content (AvgIpc) is 2.61. The van der Waals surface area contributed by atoms with E-state index in [1.807, 2.05) is 6.07 Å². The lowest BCUT2D eigenvalue weighted by Gasteiger charge is -1.98. The maximum absolute atomic E-state index is 2.15. The van der Waals surface area contributed by atoms with Gasteiger partial charge in [-0.3, -0.25) is 0 Å². The van der Waals surface area contributed by atoms with Gasteiger partial charge in [-0.05, 0) is 29.2 Å². The van der Waals surface area contributed by atoms with Crippen molar-refractivity contribution in [2.75, 3.05) is 0 Å². The van der Waals surface area contributed by atoms with Crippen LogP contribution in [0.3, 0.4) is 0 Å². The zero-order valence-corrected chi connectivity index (χ0v) is 13.3. The van der Waals surface area contributed by atoms with Crippen LogP contribution < -0.4 is 0 Å². The first kappa shape index (κ1) is 15.1. The van der Waals surface area contributed by atoms with Crippen molar-refractivity contribution in [2.45, 2.75) is 6.92 Å². The molecule has 0 bridgehead atoms. The van der Waals surface area contributed by atoms with Gasteiger partial charge in [-0.25, -0.2) is 0 Å². The average molecular weight is 296 g/mol. The highest BCUT2D eigenvalue weighted by atomic mass is 14.0. The van der Waals surface area contributed by atoms with Gasteiger partial charge in [0.1, 0.15) is 0 Å². The molecule has 3 aromatic carbocycles. The fourth-order valence-electron chi connectivity index (χ4n) is 2.34. The minimum atomic E-state index is 1.21. The van der Waals surface area contributed by atoms with Crippen LogP contribution in [0.4, 0.5) is 0 Å². The molecule has 0 saturated carbocycles. The van der Waals surface area contributed by atoms with E-state index in [4.69, 9.17) is 0 Å². The largest absolute Gasteiger partial charge is 0.0622 e. The zero-order valence-electron chi connectivity index (χ0n) is 13.3. The number of hydrogen-bond donors (Lipinski definition) is 0. The van der Waals surface area contributed by atoms with Crippen molar-refractivity contribution in [3.8, 4) is 0 Å². The van der Waals surface area contributed by atoms with Crippen molar-refractivity contribution >= 4 is 24.3 Å². The van der Waals surface area contributed by atoms with Crippen LogP contribution in [0.1, 0.15) is 27.8 Å². The molecule has 0 aliphatic carbocycles. The van der Waals surface area contributed by atoms with Crippen LogP contribution in [0.2, 0.25) is 0 Å². The van der Waals surface area contributed by atoms with Gasteiger partial charge in [0.05, 0.1) is 0 Å². The summed E-state index contributed by atoms with van der Waals surface area (Å²) < 4.78 is 0. The van der Waals surface area contributed by atoms with Gasteiger partial charge >= 0.3 is 0 Å². The molecule has 0 radical (unpaired) electrons. The Kier molecular flexibility index (Phi) is 4.85. The first-order valence-corrected chi connectivity index (χ1v) is 7.87. The minimum Gasteiger partial charge on any atom is -0.0622 e. The van der Waals surface area contributed by atoms with Crippen molar-refractivity contribution in [1.29, 1.82) is 0 Å². The Morgan fingerprint density at radius 2 is 0.783 bits per heavy atom. The molecule has 0 aromatic heterocycles. The predicted molar refractivity (Wildman–Crippen MR) is 102 cm³/mol. The van der Waals surface area contributed by atoms with Gasteiger partial charge in [-0.1, -0.05) is 109 Å². The molecule has 0 atom stereocenters. The summed E-state index contributed by atoms with van der Waals surface area (Å²) in [5, 5.41) is 0. The van der Waals surface area contributed by atoms with Crippen molar-refractivity contribution in [1.82, 2.24) is 0 Å². The second-order valence-electron chi connectivity index (χ2n) is 5.65. The molecule has 0 aliphatic rings. The molecule has 0 amide bonds. The van der Waals surface area contributed by atoms with Crippen LogP contribution in [0.25, 0.3) is 24.3 Å². The monoisotopic (exact) mass is 296 g/mol. The Hall–Kier alpha value is -2.86. The Bertz CT molecular complexity index is 789. The van der Waals surface area contributed by atoms with E-state index in [1.54, 1.807) is 0 Å². The van der Waals surface area contributed by atoms with Crippen LogP contribution in [0, 0.1) is 6.92 Å². The van der Waals surface area contributed by atoms with Crippen LogP contribution in [-0.4, -0.2) is 0 Å². The van der Waals surface area contributed by atoms with Gasteiger partial charge < -0.3 is 0 Å². The Morgan fingerprint density at radius 3 is 1.22 bits per heavy atom. The molecule has 0 saturated heterocycles. The highest BCUT2D eigenvalue weighted by Crippen LogP contribution is 2.13. The van der Waals surface area contributed by atoms with E-state index in [-0.39, 0.29) is 0 Å². The fraction of sp³-hybridized carbons (Fsp3) is 0.0435. The molecule has 112 valence electrons. The lowest BCUT2D eigenvalue weighted by atomic mass is 10.1. The summed E-state index contributed by atoms with van der Waals surface area (Å²) in [6.07, 6.45) is 8.57. The number of hydrogen-bond acceptors (Lipinski definition) is 0. The summed E-state index contributed by atoms with van der Waals surface area (Å²) in [7, 11) is 0. The van der Waals surface area contributed by atoms with Gasteiger partial charge in [-0.2, -0.15) is 0 Å².